The van der Waals surface area contributed by atoms with E-state index in [2.05, 4.69) is 11.0 Å². The van der Waals surface area contributed by atoms with Gasteiger partial charge >= 0.3 is 0 Å². The summed E-state index contributed by atoms with van der Waals surface area (Å²) in [6.45, 7) is 2.03. The Morgan fingerprint density at radius 3 is 3.07 bits per heavy atom. The number of hydrogen-bond acceptors (Lipinski definition) is 2. The van der Waals surface area contributed by atoms with Gasteiger partial charge in [-0.05, 0) is 31.0 Å². The summed E-state index contributed by atoms with van der Waals surface area (Å²) >= 11 is 0. The number of hydrogen-bond donors (Lipinski definition) is 1. The molecule has 79 valence electrons. The van der Waals surface area contributed by atoms with Crippen LogP contribution in [0.25, 0.3) is 0 Å². The lowest BCUT2D eigenvalue weighted by Crippen LogP contribution is -2.46. The Labute approximate surface area is 89.9 Å². The van der Waals surface area contributed by atoms with Gasteiger partial charge in [-0.25, -0.2) is 0 Å². The molecule has 2 unspecified atom stereocenters. The van der Waals surface area contributed by atoms with Gasteiger partial charge in [-0.3, -0.25) is 4.79 Å². The predicted molar refractivity (Wildman–Crippen MR) is 59.5 cm³/mol. The molecule has 1 heterocycles. The minimum Gasteiger partial charge on any atom is -0.371 e. The van der Waals surface area contributed by atoms with Crippen molar-refractivity contribution in [3.8, 4) is 0 Å². The number of anilines is 1. The molecule has 15 heavy (non-hydrogen) atoms. The summed E-state index contributed by atoms with van der Waals surface area (Å²) in [5.41, 5.74) is 7.74. The van der Waals surface area contributed by atoms with Gasteiger partial charge in [0.15, 0.2) is 0 Å². The van der Waals surface area contributed by atoms with Gasteiger partial charge in [-0.15, -0.1) is 0 Å². The maximum Gasteiger partial charge on any atom is 0.222 e. The Hall–Kier alpha value is -1.51. The molecule has 0 saturated heterocycles. The molecule has 2 rings (SSSR count). The fourth-order valence-electron chi connectivity index (χ4n) is 2.19. The summed E-state index contributed by atoms with van der Waals surface area (Å²) in [6, 6.07) is 9.06. The minimum absolute atomic E-state index is 0.0927. The first kappa shape index (κ1) is 10.0. The van der Waals surface area contributed by atoms with Crippen LogP contribution in [-0.2, 0) is 11.2 Å². The van der Waals surface area contributed by atoms with E-state index in [0.717, 1.165) is 12.1 Å². The first-order valence-corrected chi connectivity index (χ1v) is 5.12. The van der Waals surface area contributed by atoms with Crippen LogP contribution in [-0.4, -0.2) is 19.0 Å². The van der Waals surface area contributed by atoms with Gasteiger partial charge in [0, 0.05) is 18.8 Å². The summed E-state index contributed by atoms with van der Waals surface area (Å²) in [4.78, 5) is 13.4. The van der Waals surface area contributed by atoms with Crippen LogP contribution in [0.5, 0.6) is 0 Å². The highest BCUT2D eigenvalue weighted by Crippen LogP contribution is 2.31. The summed E-state index contributed by atoms with van der Waals surface area (Å²) in [5, 5.41) is 0. The molecular formula is C12H15N2O. The van der Waals surface area contributed by atoms with Crippen LogP contribution in [0, 0.1) is 12.0 Å². The zero-order valence-corrected chi connectivity index (χ0v) is 9.03. The average molecular weight is 203 g/mol. The summed E-state index contributed by atoms with van der Waals surface area (Å²) in [5.74, 6) is -0.308. The Kier molecular flexibility index (Phi) is 2.39. The molecule has 2 atom stereocenters. The monoisotopic (exact) mass is 203 g/mol. The van der Waals surface area contributed by atoms with Crippen LogP contribution in [0.3, 0.4) is 0 Å². The summed E-state index contributed by atoms with van der Waals surface area (Å²) < 4.78 is 0. The molecule has 3 nitrogen and oxygen atoms in total. The second kappa shape index (κ2) is 3.57. The van der Waals surface area contributed by atoms with E-state index in [1.807, 2.05) is 32.2 Å². The molecule has 1 aliphatic heterocycles. The summed E-state index contributed by atoms with van der Waals surface area (Å²) in [7, 11) is 1.99. The molecule has 1 amide bonds. The SMILES string of the molecule is CC1C(C(N)=O)Cc2cc[c]cc2N1C. The lowest BCUT2D eigenvalue weighted by atomic mass is 9.86. The second-order valence-corrected chi connectivity index (χ2v) is 4.12. The number of amides is 1. The van der Waals surface area contributed by atoms with Crippen molar-refractivity contribution in [2.75, 3.05) is 11.9 Å². The van der Waals surface area contributed by atoms with Gasteiger partial charge in [0.2, 0.25) is 5.91 Å². The Morgan fingerprint density at radius 1 is 1.67 bits per heavy atom. The molecule has 0 spiro atoms. The average Bonchev–Trinajstić information content (AvgIpc) is 2.23. The van der Waals surface area contributed by atoms with Gasteiger partial charge in [0.1, 0.15) is 0 Å². The third-order valence-electron chi connectivity index (χ3n) is 3.31. The highest BCUT2D eigenvalue weighted by molar-refractivity contribution is 5.80. The highest BCUT2D eigenvalue weighted by atomic mass is 16.1. The molecule has 1 radical (unpaired) electrons. The van der Waals surface area contributed by atoms with Crippen LogP contribution < -0.4 is 10.6 Å². The van der Waals surface area contributed by atoms with Crippen molar-refractivity contribution in [1.29, 1.82) is 0 Å². The molecule has 0 aromatic heterocycles. The van der Waals surface area contributed by atoms with E-state index in [-0.39, 0.29) is 17.9 Å². The van der Waals surface area contributed by atoms with Crippen molar-refractivity contribution >= 4 is 11.6 Å². The Balaban J connectivity index is 2.41. The predicted octanol–water partition coefficient (Wildman–Crippen LogP) is 0.969. The number of rotatable bonds is 1. The fraction of sp³-hybridized carbons (Fsp3) is 0.417. The lowest BCUT2D eigenvalue weighted by Gasteiger charge is -2.38. The molecule has 1 aromatic rings. The first-order valence-electron chi connectivity index (χ1n) is 5.12. The normalized spacial score (nSPS) is 24.8. The third-order valence-corrected chi connectivity index (χ3v) is 3.31. The van der Waals surface area contributed by atoms with Crippen molar-refractivity contribution in [2.45, 2.75) is 19.4 Å². The summed E-state index contributed by atoms with van der Waals surface area (Å²) in [6.07, 6.45) is 0.741. The molecule has 3 heteroatoms. The molecular weight excluding hydrogens is 188 g/mol. The van der Waals surface area contributed by atoms with Gasteiger partial charge < -0.3 is 10.6 Å². The van der Waals surface area contributed by atoms with E-state index in [0.29, 0.717) is 0 Å². The Morgan fingerprint density at radius 2 is 2.40 bits per heavy atom. The van der Waals surface area contributed by atoms with E-state index < -0.39 is 0 Å². The number of carbonyl (C=O) groups is 1. The van der Waals surface area contributed by atoms with Crippen molar-refractivity contribution in [2.24, 2.45) is 11.7 Å². The van der Waals surface area contributed by atoms with Gasteiger partial charge in [0.25, 0.3) is 0 Å². The maximum absolute atomic E-state index is 11.3. The van der Waals surface area contributed by atoms with E-state index in [9.17, 15) is 4.79 Å². The van der Waals surface area contributed by atoms with Crippen LogP contribution in [0.15, 0.2) is 18.2 Å². The van der Waals surface area contributed by atoms with Crippen LogP contribution in [0.1, 0.15) is 12.5 Å². The van der Waals surface area contributed by atoms with Crippen molar-refractivity contribution < 1.29 is 4.79 Å². The molecule has 1 aromatic carbocycles. The number of nitrogens with two attached hydrogens (primary N) is 1. The maximum atomic E-state index is 11.3. The second-order valence-electron chi connectivity index (χ2n) is 4.12. The lowest BCUT2D eigenvalue weighted by molar-refractivity contribution is -0.122. The van der Waals surface area contributed by atoms with Crippen molar-refractivity contribution in [1.82, 2.24) is 0 Å². The Bertz CT molecular complexity index is 389. The first-order chi connectivity index (χ1) is 7.11. The van der Waals surface area contributed by atoms with Crippen LogP contribution >= 0.6 is 0 Å². The number of primary amides is 1. The fourth-order valence-corrected chi connectivity index (χ4v) is 2.19. The zero-order valence-electron chi connectivity index (χ0n) is 9.03. The van der Waals surface area contributed by atoms with Gasteiger partial charge in [0.05, 0.1) is 5.92 Å². The van der Waals surface area contributed by atoms with Crippen molar-refractivity contribution in [3.63, 3.8) is 0 Å². The van der Waals surface area contributed by atoms with Gasteiger partial charge in [-0.1, -0.05) is 12.1 Å². The largest absolute Gasteiger partial charge is 0.371 e. The van der Waals surface area contributed by atoms with Crippen LogP contribution in [0.4, 0.5) is 5.69 Å². The number of fused-ring (bicyclic) bond motifs is 1. The molecule has 0 saturated carbocycles. The number of carbonyl (C=O) groups excluding carboxylic acids is 1. The molecule has 2 N–H and O–H groups in total. The number of nitrogens with zero attached hydrogens (tertiary/aromatic N) is 1. The molecule has 1 aliphatic rings. The van der Waals surface area contributed by atoms with Crippen LogP contribution in [0.2, 0.25) is 0 Å². The topological polar surface area (TPSA) is 46.3 Å². The highest BCUT2D eigenvalue weighted by Gasteiger charge is 2.32. The minimum atomic E-state index is -0.215. The number of benzene rings is 1. The zero-order chi connectivity index (χ0) is 11.0. The standard InChI is InChI=1S/C12H15N2O/c1-8-10(12(13)15)7-9-5-3-4-6-11(9)14(8)2/h3,5-6,8,10H,7H2,1-2H3,(H2,13,15). The van der Waals surface area contributed by atoms with E-state index in [1.165, 1.54) is 5.56 Å². The van der Waals surface area contributed by atoms with E-state index in [4.69, 9.17) is 5.73 Å². The van der Waals surface area contributed by atoms with Gasteiger partial charge in [-0.2, -0.15) is 0 Å². The smallest absolute Gasteiger partial charge is 0.222 e. The molecule has 0 bridgehead atoms. The molecule has 0 aliphatic carbocycles. The van der Waals surface area contributed by atoms with E-state index in [1.54, 1.807) is 0 Å². The van der Waals surface area contributed by atoms with E-state index >= 15 is 0 Å². The third kappa shape index (κ3) is 1.58. The van der Waals surface area contributed by atoms with Crippen molar-refractivity contribution in [3.05, 3.63) is 29.8 Å². The molecule has 0 fully saturated rings. The quantitative estimate of drug-likeness (QED) is 0.739.